The molecular weight excluding hydrogens is 310 g/mol. The first-order chi connectivity index (χ1) is 10.9. The summed E-state index contributed by atoms with van der Waals surface area (Å²) in [7, 11) is 0. The predicted molar refractivity (Wildman–Crippen MR) is 76.8 cm³/mol. The average molecular weight is 326 g/mol. The van der Waals surface area contributed by atoms with Gasteiger partial charge in [0.05, 0.1) is 18.2 Å². The van der Waals surface area contributed by atoms with E-state index in [9.17, 15) is 18.4 Å². The van der Waals surface area contributed by atoms with Gasteiger partial charge in [-0.05, 0) is 19.9 Å². The molecule has 1 aliphatic rings. The molecule has 1 heterocycles. The standard InChI is InChI=1S/C15H16F2N2O4/c1-3-22-13(20)11-8(2)18-15(21)19-12(11)9-6-4-5-7-10(9)23-14(16)17/h4-7,12,14H,3H2,1-2H3,(H2,18,19,21). The van der Waals surface area contributed by atoms with E-state index in [1.165, 1.54) is 25.1 Å². The molecule has 124 valence electrons. The normalized spacial score (nSPS) is 17.6. The van der Waals surface area contributed by atoms with Crippen molar-refractivity contribution in [2.45, 2.75) is 26.5 Å². The summed E-state index contributed by atoms with van der Waals surface area (Å²) in [5.41, 5.74) is 0.672. The number of rotatable bonds is 5. The zero-order chi connectivity index (χ0) is 17.0. The first kappa shape index (κ1) is 16.7. The van der Waals surface area contributed by atoms with E-state index < -0.39 is 24.7 Å². The Bertz CT molecular complexity index is 646. The number of esters is 1. The number of halogens is 2. The van der Waals surface area contributed by atoms with E-state index in [0.29, 0.717) is 5.70 Å². The maximum atomic E-state index is 12.6. The summed E-state index contributed by atoms with van der Waals surface area (Å²) in [6.07, 6.45) is 0. The Morgan fingerprint density at radius 3 is 2.70 bits per heavy atom. The van der Waals surface area contributed by atoms with Crippen LogP contribution < -0.4 is 15.4 Å². The number of benzene rings is 1. The highest BCUT2D eigenvalue weighted by molar-refractivity contribution is 5.95. The summed E-state index contributed by atoms with van der Waals surface area (Å²) in [6.45, 7) is 0.301. The minimum atomic E-state index is -3.02. The molecule has 2 amide bonds. The smallest absolute Gasteiger partial charge is 0.387 e. The van der Waals surface area contributed by atoms with Crippen molar-refractivity contribution in [3.8, 4) is 5.75 Å². The molecule has 0 aliphatic carbocycles. The number of para-hydroxylation sites is 1. The van der Waals surface area contributed by atoms with Gasteiger partial charge >= 0.3 is 18.6 Å². The van der Waals surface area contributed by atoms with Gasteiger partial charge in [-0.1, -0.05) is 18.2 Å². The van der Waals surface area contributed by atoms with Crippen LogP contribution in [0.4, 0.5) is 13.6 Å². The zero-order valence-electron chi connectivity index (χ0n) is 12.6. The topological polar surface area (TPSA) is 76.7 Å². The molecule has 1 aromatic rings. The van der Waals surface area contributed by atoms with Crippen molar-refractivity contribution in [3.05, 3.63) is 41.1 Å². The summed E-state index contributed by atoms with van der Waals surface area (Å²) in [4.78, 5) is 23.9. The molecule has 1 unspecified atom stereocenters. The summed E-state index contributed by atoms with van der Waals surface area (Å²) in [5, 5.41) is 5.00. The summed E-state index contributed by atoms with van der Waals surface area (Å²) < 4.78 is 34.6. The lowest BCUT2D eigenvalue weighted by Crippen LogP contribution is -2.45. The molecule has 0 saturated carbocycles. The van der Waals surface area contributed by atoms with Gasteiger partial charge < -0.3 is 20.1 Å². The third-order valence-corrected chi connectivity index (χ3v) is 3.21. The third-order valence-electron chi connectivity index (χ3n) is 3.21. The fourth-order valence-electron chi connectivity index (χ4n) is 2.33. The van der Waals surface area contributed by atoms with Crippen LogP contribution in [0.15, 0.2) is 35.5 Å². The molecule has 0 bridgehead atoms. The van der Waals surface area contributed by atoms with Crippen molar-refractivity contribution < 1.29 is 27.8 Å². The van der Waals surface area contributed by atoms with Crippen LogP contribution >= 0.6 is 0 Å². The van der Waals surface area contributed by atoms with Gasteiger partial charge in [0.25, 0.3) is 0 Å². The molecule has 2 N–H and O–H groups in total. The van der Waals surface area contributed by atoms with Gasteiger partial charge in [0.15, 0.2) is 0 Å². The van der Waals surface area contributed by atoms with Crippen LogP contribution in [0.2, 0.25) is 0 Å². The molecule has 0 spiro atoms. The number of allylic oxidation sites excluding steroid dienone is 1. The number of carbonyl (C=O) groups is 2. The predicted octanol–water partition coefficient (Wildman–Crippen LogP) is 2.48. The number of hydrogen-bond donors (Lipinski definition) is 2. The molecule has 8 heteroatoms. The first-order valence-electron chi connectivity index (χ1n) is 6.93. The maximum absolute atomic E-state index is 12.6. The first-order valence-corrected chi connectivity index (χ1v) is 6.93. The average Bonchev–Trinajstić information content (AvgIpc) is 2.46. The van der Waals surface area contributed by atoms with Crippen molar-refractivity contribution in [1.29, 1.82) is 0 Å². The fourth-order valence-corrected chi connectivity index (χ4v) is 2.33. The summed E-state index contributed by atoms with van der Waals surface area (Å²) >= 11 is 0. The number of alkyl halides is 2. The monoisotopic (exact) mass is 326 g/mol. The van der Waals surface area contributed by atoms with Gasteiger partial charge in [-0.25, -0.2) is 9.59 Å². The molecule has 2 rings (SSSR count). The SMILES string of the molecule is CCOC(=O)C1=C(C)NC(=O)NC1c1ccccc1OC(F)F. The van der Waals surface area contributed by atoms with E-state index >= 15 is 0 Å². The highest BCUT2D eigenvalue weighted by Crippen LogP contribution is 2.34. The quantitative estimate of drug-likeness (QED) is 0.815. The van der Waals surface area contributed by atoms with Crippen molar-refractivity contribution in [1.82, 2.24) is 10.6 Å². The van der Waals surface area contributed by atoms with E-state index in [-0.39, 0.29) is 23.5 Å². The summed E-state index contributed by atoms with van der Waals surface area (Å²) in [6, 6.07) is 4.46. The fraction of sp³-hybridized carbons (Fsp3) is 0.333. The second-order valence-electron chi connectivity index (χ2n) is 4.71. The molecular formula is C15H16F2N2O4. The second kappa shape index (κ2) is 7.08. The molecule has 1 atom stereocenters. The lowest BCUT2D eigenvalue weighted by molar-refractivity contribution is -0.139. The van der Waals surface area contributed by atoms with Crippen LogP contribution in [0.1, 0.15) is 25.5 Å². The molecule has 6 nitrogen and oxygen atoms in total. The van der Waals surface area contributed by atoms with E-state index in [1.54, 1.807) is 13.0 Å². The van der Waals surface area contributed by atoms with Gasteiger partial charge in [-0.15, -0.1) is 0 Å². The van der Waals surface area contributed by atoms with Crippen molar-refractivity contribution in [2.24, 2.45) is 0 Å². The Morgan fingerprint density at radius 2 is 2.04 bits per heavy atom. The van der Waals surface area contributed by atoms with Gasteiger partial charge in [-0.3, -0.25) is 0 Å². The molecule has 1 aliphatic heterocycles. The van der Waals surface area contributed by atoms with E-state index in [2.05, 4.69) is 15.4 Å². The third kappa shape index (κ3) is 3.77. The second-order valence-corrected chi connectivity index (χ2v) is 4.71. The maximum Gasteiger partial charge on any atom is 0.387 e. The van der Waals surface area contributed by atoms with Gasteiger partial charge in [0.2, 0.25) is 0 Å². The number of hydrogen-bond acceptors (Lipinski definition) is 4. The molecule has 0 aromatic heterocycles. The molecule has 0 saturated heterocycles. The van der Waals surface area contributed by atoms with Crippen molar-refractivity contribution in [2.75, 3.05) is 6.61 Å². The van der Waals surface area contributed by atoms with Crippen molar-refractivity contribution >= 4 is 12.0 Å². The lowest BCUT2D eigenvalue weighted by atomic mass is 9.95. The number of ether oxygens (including phenoxy) is 2. The van der Waals surface area contributed by atoms with Crippen LogP contribution in [0.3, 0.4) is 0 Å². The van der Waals surface area contributed by atoms with Crippen LogP contribution in [0.5, 0.6) is 5.75 Å². The van der Waals surface area contributed by atoms with Crippen molar-refractivity contribution in [3.63, 3.8) is 0 Å². The minimum absolute atomic E-state index is 0.121. The van der Waals surface area contributed by atoms with E-state index in [4.69, 9.17) is 4.74 Å². The van der Waals surface area contributed by atoms with Gasteiger partial charge in [0.1, 0.15) is 5.75 Å². The van der Waals surface area contributed by atoms with Crippen LogP contribution in [0, 0.1) is 0 Å². The largest absolute Gasteiger partial charge is 0.463 e. The molecule has 1 aromatic carbocycles. The summed E-state index contributed by atoms with van der Waals surface area (Å²) in [5.74, 6) is -0.765. The Labute approximate surface area is 131 Å². The lowest BCUT2D eigenvalue weighted by Gasteiger charge is -2.29. The Balaban J connectivity index is 2.48. The van der Waals surface area contributed by atoms with Crippen LogP contribution in [-0.4, -0.2) is 25.2 Å². The number of amides is 2. The van der Waals surface area contributed by atoms with Crippen LogP contribution in [-0.2, 0) is 9.53 Å². The molecule has 23 heavy (non-hydrogen) atoms. The van der Waals surface area contributed by atoms with Gasteiger partial charge in [0, 0.05) is 11.3 Å². The minimum Gasteiger partial charge on any atom is -0.463 e. The Morgan fingerprint density at radius 1 is 1.35 bits per heavy atom. The van der Waals surface area contributed by atoms with Gasteiger partial charge in [-0.2, -0.15) is 8.78 Å². The molecule has 0 fully saturated rings. The molecule has 0 radical (unpaired) electrons. The number of nitrogens with one attached hydrogen (secondary N) is 2. The highest BCUT2D eigenvalue weighted by atomic mass is 19.3. The van der Waals surface area contributed by atoms with E-state index in [1.807, 2.05) is 0 Å². The van der Waals surface area contributed by atoms with Crippen LogP contribution in [0.25, 0.3) is 0 Å². The highest BCUT2D eigenvalue weighted by Gasteiger charge is 2.34. The zero-order valence-corrected chi connectivity index (χ0v) is 12.6. The number of carbonyl (C=O) groups excluding carboxylic acids is 2. The number of urea groups is 1. The Kier molecular flexibility index (Phi) is 5.15. The Hall–Kier alpha value is -2.64. The van der Waals surface area contributed by atoms with E-state index in [0.717, 1.165) is 0 Å².